The van der Waals surface area contributed by atoms with Gasteiger partial charge in [0.15, 0.2) is 11.5 Å². The van der Waals surface area contributed by atoms with Gasteiger partial charge in [-0.1, -0.05) is 11.2 Å². The van der Waals surface area contributed by atoms with Gasteiger partial charge < -0.3 is 24.2 Å². The van der Waals surface area contributed by atoms with Crippen molar-refractivity contribution >= 4 is 6.03 Å². The number of urea groups is 1. The Morgan fingerprint density at radius 1 is 1.24 bits per heavy atom. The molecule has 4 rings (SSSR count). The molecule has 1 fully saturated rings. The van der Waals surface area contributed by atoms with E-state index in [9.17, 15) is 4.79 Å². The van der Waals surface area contributed by atoms with Gasteiger partial charge in [0, 0.05) is 32.0 Å². The van der Waals surface area contributed by atoms with Gasteiger partial charge in [-0.15, -0.1) is 0 Å². The van der Waals surface area contributed by atoms with Crippen LogP contribution in [0.15, 0.2) is 41.3 Å². The second kappa shape index (κ2) is 8.13. The van der Waals surface area contributed by atoms with E-state index in [-0.39, 0.29) is 11.9 Å². The quantitative estimate of drug-likeness (QED) is 0.671. The molecular weight excluding hydrogens is 376 g/mol. The van der Waals surface area contributed by atoms with Crippen LogP contribution in [-0.4, -0.2) is 58.3 Å². The van der Waals surface area contributed by atoms with E-state index in [2.05, 4.69) is 25.4 Å². The summed E-state index contributed by atoms with van der Waals surface area (Å²) in [6.07, 6.45) is 4.72. The number of carbonyl (C=O) groups is 1. The number of hydrogen-bond acceptors (Lipinski definition) is 8. The summed E-state index contributed by atoms with van der Waals surface area (Å²) in [5.41, 5.74) is 1.46. The Labute approximate surface area is 166 Å². The number of aromatic nitrogens is 4. The Bertz CT molecular complexity index is 987. The maximum Gasteiger partial charge on any atom is 0.317 e. The summed E-state index contributed by atoms with van der Waals surface area (Å²) >= 11 is 0. The predicted octanol–water partition coefficient (Wildman–Crippen LogP) is 1.85. The van der Waals surface area contributed by atoms with Gasteiger partial charge in [0.05, 0.1) is 26.3 Å². The predicted molar refractivity (Wildman–Crippen MR) is 101 cm³/mol. The topological polar surface area (TPSA) is 116 Å². The van der Waals surface area contributed by atoms with Gasteiger partial charge >= 0.3 is 6.03 Å². The van der Waals surface area contributed by atoms with Crippen LogP contribution in [0.25, 0.3) is 11.5 Å². The Balaban J connectivity index is 1.29. The third kappa shape index (κ3) is 3.96. The average molecular weight is 396 g/mol. The van der Waals surface area contributed by atoms with E-state index in [1.54, 1.807) is 37.7 Å². The van der Waals surface area contributed by atoms with E-state index in [4.69, 9.17) is 14.0 Å². The first-order valence-electron chi connectivity index (χ1n) is 9.01. The van der Waals surface area contributed by atoms with Gasteiger partial charge in [-0.25, -0.2) is 9.78 Å². The molecule has 2 aromatic heterocycles. The summed E-state index contributed by atoms with van der Waals surface area (Å²) in [5.74, 6) is 2.17. The SMILES string of the molecule is COc1ccc(CNC(=O)N2CC(c3nc(-c4cnccn4)no3)C2)cc1OC. The van der Waals surface area contributed by atoms with Crippen molar-refractivity contribution in [3.8, 4) is 23.0 Å². The highest BCUT2D eigenvalue weighted by Crippen LogP contribution is 2.28. The zero-order valence-electron chi connectivity index (χ0n) is 16.0. The molecular formula is C19H20N6O4. The molecule has 29 heavy (non-hydrogen) atoms. The minimum atomic E-state index is -0.148. The Morgan fingerprint density at radius 3 is 2.79 bits per heavy atom. The molecule has 2 amide bonds. The first-order chi connectivity index (χ1) is 14.2. The molecule has 1 saturated heterocycles. The van der Waals surface area contributed by atoms with Crippen molar-refractivity contribution in [2.75, 3.05) is 27.3 Å². The highest BCUT2D eigenvalue weighted by atomic mass is 16.5. The third-order valence-electron chi connectivity index (χ3n) is 4.64. The summed E-state index contributed by atoms with van der Waals surface area (Å²) in [4.78, 5) is 26.5. The van der Waals surface area contributed by atoms with Crippen LogP contribution in [0.5, 0.6) is 11.5 Å². The molecule has 10 nitrogen and oxygen atoms in total. The van der Waals surface area contributed by atoms with E-state index < -0.39 is 0 Å². The van der Waals surface area contributed by atoms with E-state index in [1.807, 2.05) is 18.2 Å². The lowest BCUT2D eigenvalue weighted by molar-refractivity contribution is 0.136. The van der Waals surface area contributed by atoms with Gasteiger partial charge in [0.25, 0.3) is 0 Å². The minimum absolute atomic E-state index is 0.0137. The lowest BCUT2D eigenvalue weighted by Crippen LogP contribution is -2.52. The first kappa shape index (κ1) is 18.7. The van der Waals surface area contributed by atoms with Crippen molar-refractivity contribution < 1.29 is 18.8 Å². The molecule has 0 radical (unpaired) electrons. The molecule has 1 N–H and O–H groups in total. The number of rotatable bonds is 6. The van der Waals surface area contributed by atoms with E-state index in [1.165, 1.54) is 0 Å². The molecule has 1 aromatic carbocycles. The van der Waals surface area contributed by atoms with Crippen molar-refractivity contribution in [2.24, 2.45) is 0 Å². The zero-order valence-corrected chi connectivity index (χ0v) is 16.0. The molecule has 0 aliphatic carbocycles. The standard InChI is InChI=1S/C19H20N6O4/c1-27-15-4-3-12(7-16(15)28-2)8-22-19(26)25-10-13(11-25)18-23-17(24-29-18)14-9-20-5-6-21-14/h3-7,9,13H,8,10-11H2,1-2H3,(H,22,26). The smallest absolute Gasteiger partial charge is 0.317 e. The van der Waals surface area contributed by atoms with Gasteiger partial charge in [-0.3, -0.25) is 4.98 Å². The number of carbonyl (C=O) groups excluding carboxylic acids is 1. The number of benzene rings is 1. The molecule has 0 bridgehead atoms. The van der Waals surface area contributed by atoms with Crippen molar-refractivity contribution in [3.63, 3.8) is 0 Å². The number of nitrogens with one attached hydrogen (secondary N) is 1. The molecule has 150 valence electrons. The fraction of sp³-hybridized carbons (Fsp3) is 0.316. The Morgan fingerprint density at radius 2 is 2.07 bits per heavy atom. The van der Waals surface area contributed by atoms with Crippen LogP contribution in [0.3, 0.4) is 0 Å². The molecule has 0 spiro atoms. The second-order valence-corrected chi connectivity index (χ2v) is 6.50. The van der Waals surface area contributed by atoms with Crippen molar-refractivity contribution in [2.45, 2.75) is 12.5 Å². The number of methoxy groups -OCH3 is 2. The zero-order chi connectivity index (χ0) is 20.2. The normalized spacial score (nSPS) is 13.7. The van der Waals surface area contributed by atoms with E-state index in [0.29, 0.717) is 48.5 Å². The first-order valence-corrected chi connectivity index (χ1v) is 9.01. The molecule has 0 saturated carbocycles. The van der Waals surface area contributed by atoms with Crippen LogP contribution in [-0.2, 0) is 6.54 Å². The third-order valence-corrected chi connectivity index (χ3v) is 4.64. The van der Waals surface area contributed by atoms with Crippen LogP contribution in [0.2, 0.25) is 0 Å². The number of nitrogens with zero attached hydrogens (tertiary/aromatic N) is 5. The molecule has 1 aliphatic rings. The van der Waals surface area contributed by atoms with Crippen LogP contribution in [0.1, 0.15) is 17.4 Å². The van der Waals surface area contributed by atoms with E-state index >= 15 is 0 Å². The van der Waals surface area contributed by atoms with Gasteiger partial charge in [-0.2, -0.15) is 4.98 Å². The highest BCUT2D eigenvalue weighted by molar-refractivity contribution is 5.75. The summed E-state index contributed by atoms with van der Waals surface area (Å²) in [7, 11) is 3.16. The fourth-order valence-corrected chi connectivity index (χ4v) is 3.00. The Kier molecular flexibility index (Phi) is 5.23. The maximum absolute atomic E-state index is 12.4. The number of hydrogen-bond donors (Lipinski definition) is 1. The number of amides is 2. The van der Waals surface area contributed by atoms with Gasteiger partial charge in [-0.05, 0) is 17.7 Å². The second-order valence-electron chi connectivity index (χ2n) is 6.50. The summed E-state index contributed by atoms with van der Waals surface area (Å²) in [6, 6.07) is 5.38. The largest absolute Gasteiger partial charge is 0.493 e. The van der Waals surface area contributed by atoms with Crippen molar-refractivity contribution in [1.82, 2.24) is 30.3 Å². The summed E-state index contributed by atoms with van der Waals surface area (Å²) < 4.78 is 15.8. The monoisotopic (exact) mass is 396 g/mol. The van der Waals surface area contributed by atoms with Crippen molar-refractivity contribution in [3.05, 3.63) is 48.2 Å². The number of likely N-dealkylation sites (tertiary alicyclic amines) is 1. The average Bonchev–Trinajstić information content (AvgIpc) is 3.21. The van der Waals surface area contributed by atoms with Crippen LogP contribution in [0.4, 0.5) is 4.79 Å². The van der Waals surface area contributed by atoms with Gasteiger partial charge in [0.2, 0.25) is 11.7 Å². The maximum atomic E-state index is 12.4. The van der Waals surface area contributed by atoms with Crippen LogP contribution < -0.4 is 14.8 Å². The molecule has 0 atom stereocenters. The van der Waals surface area contributed by atoms with E-state index in [0.717, 1.165) is 5.56 Å². The molecule has 0 unspecified atom stereocenters. The Hall–Kier alpha value is -3.69. The summed E-state index contributed by atoms with van der Waals surface area (Å²) in [6.45, 7) is 1.41. The molecule has 1 aliphatic heterocycles. The lowest BCUT2D eigenvalue weighted by atomic mass is 10.0. The molecule has 10 heteroatoms. The molecule has 3 aromatic rings. The van der Waals surface area contributed by atoms with Crippen LogP contribution in [0, 0.1) is 0 Å². The summed E-state index contributed by atoms with van der Waals surface area (Å²) in [5, 5.41) is 6.83. The van der Waals surface area contributed by atoms with Gasteiger partial charge in [0.1, 0.15) is 5.69 Å². The lowest BCUT2D eigenvalue weighted by Gasteiger charge is -2.36. The minimum Gasteiger partial charge on any atom is -0.493 e. The number of ether oxygens (including phenoxy) is 2. The fourth-order valence-electron chi connectivity index (χ4n) is 3.00. The van der Waals surface area contributed by atoms with Crippen molar-refractivity contribution in [1.29, 1.82) is 0 Å². The van der Waals surface area contributed by atoms with Crippen LogP contribution >= 0.6 is 0 Å². The molecule has 3 heterocycles. The highest BCUT2D eigenvalue weighted by Gasteiger charge is 2.35.